The Morgan fingerprint density at radius 2 is 1.78 bits per heavy atom. The summed E-state index contributed by atoms with van der Waals surface area (Å²) in [5, 5.41) is 0. The summed E-state index contributed by atoms with van der Waals surface area (Å²) >= 11 is 0. The van der Waals surface area contributed by atoms with Crippen molar-refractivity contribution in [1.29, 1.82) is 0 Å². The van der Waals surface area contributed by atoms with E-state index in [0.717, 1.165) is 6.42 Å². The largest absolute Gasteiger partial charge is 0.296 e. The lowest BCUT2D eigenvalue weighted by Gasteiger charge is -2.05. The summed E-state index contributed by atoms with van der Waals surface area (Å²) in [6.45, 7) is 2.10. The van der Waals surface area contributed by atoms with Gasteiger partial charge in [-0.3, -0.25) is 4.18 Å². The van der Waals surface area contributed by atoms with Gasteiger partial charge in [0, 0.05) is 0 Å². The molecule has 0 N–H and O–H groups in total. The fourth-order valence-corrected chi connectivity index (χ4v) is 2.74. The molecule has 0 fully saturated rings. The minimum Gasteiger partial charge on any atom is -0.266 e. The van der Waals surface area contributed by atoms with Crippen LogP contribution in [0.3, 0.4) is 0 Å². The highest BCUT2D eigenvalue weighted by Gasteiger charge is 2.14. The summed E-state index contributed by atoms with van der Waals surface area (Å²) in [5.74, 6) is -0.0909. The van der Waals surface area contributed by atoms with E-state index in [0.29, 0.717) is 12.0 Å². The van der Waals surface area contributed by atoms with Crippen LogP contribution in [0, 0.1) is 0 Å². The molecule has 102 valence electrons. The van der Waals surface area contributed by atoms with Crippen LogP contribution in [0.1, 0.15) is 25.3 Å². The second-order valence-corrected chi connectivity index (χ2v) is 6.36. The summed E-state index contributed by atoms with van der Waals surface area (Å²) in [5.41, 5.74) is 0.554. The molecule has 0 bridgehead atoms. The molecule has 1 aromatic rings. The van der Waals surface area contributed by atoms with Gasteiger partial charge in [-0.05, 0) is 24.1 Å². The third kappa shape index (κ3) is 4.75. The zero-order valence-electron chi connectivity index (χ0n) is 10.0. The van der Waals surface area contributed by atoms with Crippen molar-refractivity contribution in [3.8, 4) is 0 Å². The molecule has 0 radical (unpaired) electrons. The molecule has 1 aromatic carbocycles. The van der Waals surface area contributed by atoms with Crippen molar-refractivity contribution in [2.75, 3.05) is 6.61 Å². The molecule has 0 amide bonds. The van der Waals surface area contributed by atoms with Crippen LogP contribution in [0.25, 0.3) is 0 Å². The van der Waals surface area contributed by atoms with Crippen molar-refractivity contribution in [3.05, 3.63) is 29.8 Å². The van der Waals surface area contributed by atoms with Crippen molar-refractivity contribution in [2.45, 2.75) is 30.4 Å². The molecular weight excluding hydrogens is 276 g/mol. The van der Waals surface area contributed by atoms with Gasteiger partial charge < -0.3 is 0 Å². The van der Waals surface area contributed by atoms with Crippen molar-refractivity contribution in [1.82, 2.24) is 0 Å². The lowest BCUT2D eigenvalue weighted by molar-refractivity contribution is 0.311. The van der Waals surface area contributed by atoms with Gasteiger partial charge in [0.2, 0.25) is 0 Å². The predicted molar refractivity (Wildman–Crippen MR) is 68.5 cm³/mol. The van der Waals surface area contributed by atoms with E-state index < -0.39 is 20.8 Å². The maximum atomic E-state index is 11.7. The van der Waals surface area contributed by atoms with Gasteiger partial charge in [0.15, 0.2) is 0 Å². The van der Waals surface area contributed by atoms with E-state index in [9.17, 15) is 16.8 Å². The van der Waals surface area contributed by atoms with Gasteiger partial charge in [0.05, 0.1) is 17.3 Å². The molecule has 0 aliphatic rings. The third-order valence-corrected chi connectivity index (χ3v) is 4.21. The van der Waals surface area contributed by atoms with E-state index in [1.807, 2.05) is 6.92 Å². The molecular formula is C11H16O5S2. The highest BCUT2D eigenvalue weighted by molar-refractivity contribution is 7.86. The number of hydrogen-bond donors (Lipinski definition) is 1. The Hall–Kier alpha value is -0.920. The summed E-state index contributed by atoms with van der Waals surface area (Å²) in [7, 11) is -6.24. The highest BCUT2D eigenvalue weighted by atomic mass is 32.2. The van der Waals surface area contributed by atoms with Crippen LogP contribution in [0.5, 0.6) is 0 Å². The molecule has 0 aromatic heterocycles. The molecule has 0 aliphatic heterocycles. The van der Waals surface area contributed by atoms with Crippen LogP contribution in [0.2, 0.25) is 0 Å². The van der Waals surface area contributed by atoms with Crippen molar-refractivity contribution in [3.63, 3.8) is 0 Å². The zero-order chi connectivity index (χ0) is 13.6. The van der Waals surface area contributed by atoms with Crippen LogP contribution in [-0.4, -0.2) is 23.4 Å². The first kappa shape index (κ1) is 15.1. The first-order valence-electron chi connectivity index (χ1n) is 5.56. The molecule has 7 heteroatoms. The molecule has 0 saturated carbocycles. The summed E-state index contributed by atoms with van der Waals surface area (Å²) in [4.78, 5) is 0.0449. The smallest absolute Gasteiger partial charge is 0.266 e. The molecule has 5 nitrogen and oxygen atoms in total. The van der Waals surface area contributed by atoms with E-state index in [1.54, 1.807) is 0 Å². The number of thiol groups is 1. The minimum absolute atomic E-state index is 0.0449. The van der Waals surface area contributed by atoms with Gasteiger partial charge in [-0.1, -0.05) is 25.5 Å². The average Bonchev–Trinajstić information content (AvgIpc) is 2.29. The Labute approximate surface area is 109 Å². The SMILES string of the molecule is CCCCOS(=O)(=O)c1ccc(C[SH](=O)=O)cc1. The molecule has 0 spiro atoms. The van der Waals surface area contributed by atoms with Gasteiger partial charge in [-0.2, -0.15) is 8.42 Å². The van der Waals surface area contributed by atoms with E-state index in [1.165, 1.54) is 24.3 Å². The van der Waals surface area contributed by atoms with Gasteiger partial charge in [0.25, 0.3) is 10.1 Å². The standard InChI is InChI=1S/C11H16O5S2/c1-2-3-8-16-18(14,15)11-6-4-10(5-7-11)9-17(12)13/h4-7,17H,2-3,8-9H2,1H3. The van der Waals surface area contributed by atoms with Crippen LogP contribution in [0.15, 0.2) is 29.2 Å². The third-order valence-electron chi connectivity index (χ3n) is 2.26. The van der Waals surface area contributed by atoms with Gasteiger partial charge >= 0.3 is 0 Å². The maximum Gasteiger partial charge on any atom is 0.296 e. The van der Waals surface area contributed by atoms with Crippen molar-refractivity contribution in [2.24, 2.45) is 0 Å². The van der Waals surface area contributed by atoms with Crippen LogP contribution >= 0.6 is 0 Å². The molecule has 0 atom stereocenters. The summed E-state index contributed by atoms with van der Waals surface area (Å²) in [6, 6.07) is 5.66. The van der Waals surface area contributed by atoms with E-state index in [-0.39, 0.29) is 17.3 Å². The van der Waals surface area contributed by atoms with Gasteiger partial charge in [-0.25, -0.2) is 8.42 Å². The Morgan fingerprint density at radius 1 is 1.17 bits per heavy atom. The second-order valence-electron chi connectivity index (χ2n) is 3.76. The minimum atomic E-state index is -3.73. The predicted octanol–water partition coefficient (Wildman–Crippen LogP) is 1.30. The summed E-state index contributed by atoms with van der Waals surface area (Å²) < 4.78 is 49.3. The number of hydrogen-bond acceptors (Lipinski definition) is 5. The lowest BCUT2D eigenvalue weighted by Crippen LogP contribution is -2.07. The Balaban J connectivity index is 2.77. The van der Waals surface area contributed by atoms with Crippen LogP contribution in [-0.2, 0) is 30.8 Å². The van der Waals surface area contributed by atoms with Gasteiger partial charge in [-0.15, -0.1) is 0 Å². The molecule has 0 aliphatic carbocycles. The molecule has 0 unspecified atom stereocenters. The van der Waals surface area contributed by atoms with Crippen molar-refractivity contribution < 1.29 is 21.0 Å². The quantitative estimate of drug-likeness (QED) is 0.466. The van der Waals surface area contributed by atoms with Crippen LogP contribution in [0.4, 0.5) is 0 Å². The highest BCUT2D eigenvalue weighted by Crippen LogP contribution is 2.14. The number of benzene rings is 1. The average molecular weight is 292 g/mol. The maximum absolute atomic E-state index is 11.7. The molecule has 1 rings (SSSR count). The number of unbranched alkanes of at least 4 members (excludes halogenated alkanes) is 1. The zero-order valence-corrected chi connectivity index (χ0v) is 11.7. The lowest BCUT2D eigenvalue weighted by atomic mass is 10.2. The second kappa shape index (κ2) is 6.86. The fraction of sp³-hybridized carbons (Fsp3) is 0.455. The Morgan fingerprint density at radius 3 is 2.28 bits per heavy atom. The Kier molecular flexibility index (Phi) is 5.77. The molecule has 18 heavy (non-hydrogen) atoms. The van der Waals surface area contributed by atoms with Crippen LogP contribution < -0.4 is 0 Å². The topological polar surface area (TPSA) is 77.5 Å². The molecule has 0 heterocycles. The molecule has 0 saturated heterocycles. The number of rotatable bonds is 7. The fourth-order valence-electron chi connectivity index (χ4n) is 1.29. The van der Waals surface area contributed by atoms with Gasteiger partial charge in [0.1, 0.15) is 10.7 Å². The first-order chi connectivity index (χ1) is 8.45. The summed E-state index contributed by atoms with van der Waals surface area (Å²) in [6.07, 6.45) is 1.53. The normalized spacial score (nSPS) is 11.9. The Bertz CT molecular complexity index is 535. The van der Waals surface area contributed by atoms with E-state index >= 15 is 0 Å². The van der Waals surface area contributed by atoms with E-state index in [4.69, 9.17) is 4.18 Å². The van der Waals surface area contributed by atoms with Crippen molar-refractivity contribution >= 4 is 20.8 Å². The monoisotopic (exact) mass is 292 g/mol. The first-order valence-corrected chi connectivity index (χ1v) is 8.33. The van der Waals surface area contributed by atoms with E-state index in [2.05, 4.69) is 0 Å².